The number of aromatic nitrogens is 2. The van der Waals surface area contributed by atoms with Crippen molar-refractivity contribution in [2.75, 3.05) is 0 Å². The maximum atomic E-state index is 4.48. The molecule has 0 spiro atoms. The van der Waals surface area contributed by atoms with Crippen LogP contribution in [0.15, 0.2) is 60.9 Å². The highest BCUT2D eigenvalue weighted by molar-refractivity contribution is 5.67. The van der Waals surface area contributed by atoms with E-state index in [0.29, 0.717) is 0 Å². The Morgan fingerprint density at radius 2 is 1.17 bits per heavy atom. The van der Waals surface area contributed by atoms with Crippen molar-refractivity contribution in [1.29, 1.82) is 0 Å². The van der Waals surface area contributed by atoms with Gasteiger partial charge in [0.1, 0.15) is 0 Å². The summed E-state index contributed by atoms with van der Waals surface area (Å²) in [4.78, 5) is 8.96. The van der Waals surface area contributed by atoms with Gasteiger partial charge in [-0.3, -0.25) is 0 Å². The summed E-state index contributed by atoms with van der Waals surface area (Å²) in [7, 11) is 0. The quantitative estimate of drug-likeness (QED) is 0.637. The van der Waals surface area contributed by atoms with Crippen LogP contribution in [0.3, 0.4) is 0 Å². The van der Waals surface area contributed by atoms with Crippen molar-refractivity contribution in [2.45, 2.75) is 33.1 Å². The molecule has 0 aliphatic carbocycles. The fraction of sp³-hybridized carbons (Fsp3) is 0.238. The summed E-state index contributed by atoms with van der Waals surface area (Å²) in [5.74, 6) is 0.790. The summed E-state index contributed by atoms with van der Waals surface area (Å²) in [5, 5.41) is 0. The van der Waals surface area contributed by atoms with Crippen molar-refractivity contribution < 1.29 is 0 Å². The molecule has 0 unspecified atom stereocenters. The molecule has 116 valence electrons. The van der Waals surface area contributed by atoms with Crippen molar-refractivity contribution in [1.82, 2.24) is 9.97 Å². The number of rotatable bonds is 5. The Labute approximate surface area is 138 Å². The Morgan fingerprint density at radius 3 is 1.70 bits per heavy atom. The first-order chi connectivity index (χ1) is 11.3. The molecule has 0 saturated heterocycles. The molecule has 23 heavy (non-hydrogen) atoms. The molecule has 0 radical (unpaired) electrons. The van der Waals surface area contributed by atoms with E-state index in [2.05, 4.69) is 72.3 Å². The largest absolute Gasteiger partial charge is 0.236 e. The molecule has 0 bridgehead atoms. The van der Waals surface area contributed by atoms with E-state index in [1.807, 2.05) is 12.4 Å². The van der Waals surface area contributed by atoms with Gasteiger partial charge in [-0.1, -0.05) is 68.8 Å². The Kier molecular flexibility index (Phi) is 4.82. The molecule has 0 saturated carbocycles. The molecular weight excluding hydrogens is 280 g/mol. The zero-order valence-corrected chi connectivity index (χ0v) is 13.8. The number of hydrogen-bond acceptors (Lipinski definition) is 2. The van der Waals surface area contributed by atoms with Crippen molar-refractivity contribution in [3.8, 4) is 22.5 Å². The minimum Gasteiger partial charge on any atom is -0.236 e. The van der Waals surface area contributed by atoms with Crippen molar-refractivity contribution in [3.05, 3.63) is 72.1 Å². The molecule has 2 aromatic carbocycles. The zero-order valence-electron chi connectivity index (χ0n) is 13.8. The third kappa shape index (κ3) is 3.65. The van der Waals surface area contributed by atoms with Gasteiger partial charge >= 0.3 is 0 Å². The van der Waals surface area contributed by atoms with E-state index in [1.165, 1.54) is 22.3 Å². The van der Waals surface area contributed by atoms with Crippen LogP contribution in [0.25, 0.3) is 22.5 Å². The Balaban J connectivity index is 1.80. The van der Waals surface area contributed by atoms with Gasteiger partial charge in [-0.05, 0) is 35.1 Å². The molecule has 3 rings (SSSR count). The highest BCUT2D eigenvalue weighted by atomic mass is 14.9. The van der Waals surface area contributed by atoms with Gasteiger partial charge in [0.25, 0.3) is 0 Å². The van der Waals surface area contributed by atoms with Crippen LogP contribution in [0.2, 0.25) is 0 Å². The summed E-state index contributed by atoms with van der Waals surface area (Å²) in [6, 6.07) is 17.2. The lowest BCUT2D eigenvalue weighted by atomic mass is 10.0. The first-order valence-corrected chi connectivity index (χ1v) is 8.31. The molecule has 0 N–H and O–H groups in total. The molecule has 0 aliphatic rings. The number of nitrogens with zero attached hydrogens (tertiary/aromatic N) is 2. The van der Waals surface area contributed by atoms with E-state index >= 15 is 0 Å². The second kappa shape index (κ2) is 7.19. The van der Waals surface area contributed by atoms with Gasteiger partial charge in [-0.25, -0.2) is 9.97 Å². The normalized spacial score (nSPS) is 10.7. The van der Waals surface area contributed by atoms with Gasteiger partial charge in [0.15, 0.2) is 5.82 Å². The summed E-state index contributed by atoms with van der Waals surface area (Å²) in [5.41, 5.74) is 6.09. The van der Waals surface area contributed by atoms with E-state index < -0.39 is 0 Å². The van der Waals surface area contributed by atoms with Crippen LogP contribution < -0.4 is 0 Å². The summed E-state index contributed by atoms with van der Waals surface area (Å²) >= 11 is 0. The smallest absolute Gasteiger partial charge is 0.159 e. The Hall–Kier alpha value is -2.48. The maximum Gasteiger partial charge on any atom is 0.159 e. The first-order valence-electron chi connectivity index (χ1n) is 8.31. The van der Waals surface area contributed by atoms with Crippen molar-refractivity contribution >= 4 is 0 Å². The molecule has 2 nitrogen and oxygen atoms in total. The summed E-state index contributed by atoms with van der Waals surface area (Å²) in [6.07, 6.45) is 7.10. The van der Waals surface area contributed by atoms with Crippen LogP contribution in [0.5, 0.6) is 0 Å². The fourth-order valence-electron chi connectivity index (χ4n) is 2.67. The van der Waals surface area contributed by atoms with Crippen LogP contribution in [0.4, 0.5) is 0 Å². The lowest BCUT2D eigenvalue weighted by Gasteiger charge is -2.06. The molecule has 0 atom stereocenters. The number of aryl methyl sites for hydroxylation is 2. The second-order valence-electron chi connectivity index (χ2n) is 5.79. The van der Waals surface area contributed by atoms with E-state index in [0.717, 1.165) is 30.7 Å². The molecule has 2 heteroatoms. The standard InChI is InChI=1S/C21H22N2/c1-3-5-17-14-22-21(23-15-17)20-12-10-19(11-13-20)18-8-6-16(4-2)7-9-18/h6-15H,3-5H2,1-2H3. The predicted molar refractivity (Wildman–Crippen MR) is 96.3 cm³/mol. The van der Waals surface area contributed by atoms with E-state index in [1.54, 1.807) is 0 Å². The third-order valence-electron chi connectivity index (χ3n) is 4.08. The van der Waals surface area contributed by atoms with Gasteiger partial charge in [-0.2, -0.15) is 0 Å². The van der Waals surface area contributed by atoms with Gasteiger partial charge < -0.3 is 0 Å². The van der Waals surface area contributed by atoms with Gasteiger partial charge in [0, 0.05) is 18.0 Å². The zero-order chi connectivity index (χ0) is 16.1. The van der Waals surface area contributed by atoms with Gasteiger partial charge in [0.05, 0.1) is 0 Å². The van der Waals surface area contributed by atoms with E-state index in [4.69, 9.17) is 0 Å². The molecule has 0 amide bonds. The van der Waals surface area contributed by atoms with Crippen LogP contribution in [0.1, 0.15) is 31.4 Å². The minimum absolute atomic E-state index is 0.790. The molecule has 1 aromatic heterocycles. The van der Waals surface area contributed by atoms with Crippen molar-refractivity contribution in [2.24, 2.45) is 0 Å². The average Bonchev–Trinajstić information content (AvgIpc) is 2.63. The van der Waals surface area contributed by atoms with E-state index in [9.17, 15) is 0 Å². The molecule has 3 aromatic rings. The number of hydrogen-bond donors (Lipinski definition) is 0. The third-order valence-corrected chi connectivity index (χ3v) is 4.08. The highest BCUT2D eigenvalue weighted by Gasteiger charge is 2.03. The van der Waals surface area contributed by atoms with Crippen LogP contribution in [0, 0.1) is 0 Å². The Bertz CT molecular complexity index is 741. The first kappa shape index (κ1) is 15.4. The van der Waals surface area contributed by atoms with Gasteiger partial charge in [0.2, 0.25) is 0 Å². The SMILES string of the molecule is CCCc1cnc(-c2ccc(-c3ccc(CC)cc3)cc2)nc1. The molecule has 1 heterocycles. The maximum absolute atomic E-state index is 4.48. The summed E-state index contributed by atoms with van der Waals surface area (Å²) < 4.78 is 0. The van der Waals surface area contributed by atoms with Crippen LogP contribution in [-0.4, -0.2) is 9.97 Å². The highest BCUT2D eigenvalue weighted by Crippen LogP contribution is 2.23. The van der Waals surface area contributed by atoms with Crippen LogP contribution in [-0.2, 0) is 12.8 Å². The lowest BCUT2D eigenvalue weighted by molar-refractivity contribution is 0.902. The fourth-order valence-corrected chi connectivity index (χ4v) is 2.67. The molecular formula is C21H22N2. The van der Waals surface area contributed by atoms with Crippen molar-refractivity contribution in [3.63, 3.8) is 0 Å². The molecule has 0 aliphatic heterocycles. The van der Waals surface area contributed by atoms with Crippen LogP contribution >= 0.6 is 0 Å². The average molecular weight is 302 g/mol. The molecule has 0 fully saturated rings. The predicted octanol–water partition coefficient (Wildman–Crippen LogP) is 5.33. The summed E-state index contributed by atoms with van der Waals surface area (Å²) in [6.45, 7) is 4.34. The topological polar surface area (TPSA) is 25.8 Å². The Morgan fingerprint density at radius 1 is 0.652 bits per heavy atom. The minimum atomic E-state index is 0.790. The number of benzene rings is 2. The van der Waals surface area contributed by atoms with E-state index in [-0.39, 0.29) is 0 Å². The monoisotopic (exact) mass is 302 g/mol. The van der Waals surface area contributed by atoms with Gasteiger partial charge in [-0.15, -0.1) is 0 Å². The second-order valence-corrected chi connectivity index (χ2v) is 5.79. The lowest BCUT2D eigenvalue weighted by Crippen LogP contribution is -1.92.